The van der Waals surface area contributed by atoms with E-state index in [-0.39, 0.29) is 0 Å². The second-order valence-electron chi connectivity index (χ2n) is 6.25. The van der Waals surface area contributed by atoms with E-state index in [4.69, 9.17) is 0 Å². The fourth-order valence-corrected chi connectivity index (χ4v) is 3.42. The number of fused-ring (bicyclic) bond motifs is 2. The number of piperidine rings is 1. The van der Waals surface area contributed by atoms with Gasteiger partial charge in [-0.05, 0) is 45.6 Å². The number of hydrogen-bond donors (Lipinski definition) is 1. The topological polar surface area (TPSA) is 29.9 Å². The zero-order valence-electron chi connectivity index (χ0n) is 11.2. The third-order valence-electron chi connectivity index (χ3n) is 4.25. The van der Waals surface area contributed by atoms with Crippen LogP contribution in [0.3, 0.4) is 0 Å². The number of rotatable bonds is 3. The van der Waals surface area contributed by atoms with Gasteiger partial charge in [0.05, 0.1) is 5.69 Å². The lowest BCUT2D eigenvalue weighted by atomic mass is 9.85. The van der Waals surface area contributed by atoms with Crippen LogP contribution in [-0.4, -0.2) is 27.5 Å². The van der Waals surface area contributed by atoms with Crippen molar-refractivity contribution in [1.82, 2.24) is 15.1 Å². The summed E-state index contributed by atoms with van der Waals surface area (Å²) in [6.45, 7) is 4.18. The zero-order chi connectivity index (χ0) is 12.8. The van der Waals surface area contributed by atoms with Crippen molar-refractivity contribution >= 4 is 0 Å². The minimum absolute atomic E-state index is 0.346. The monoisotopic (exact) mass is 251 g/mol. The summed E-state index contributed by atoms with van der Waals surface area (Å²) in [5.41, 5.74) is -0.153. The number of nitrogens with one attached hydrogen (secondary N) is 1. The second kappa shape index (κ2) is 4.34. The summed E-state index contributed by atoms with van der Waals surface area (Å²) in [5.74, 6) is 0. The number of hydrogen-bond acceptors (Lipinski definition) is 2. The molecule has 2 aliphatic heterocycles. The van der Waals surface area contributed by atoms with E-state index in [1.165, 1.54) is 0 Å². The molecule has 18 heavy (non-hydrogen) atoms. The molecule has 0 saturated carbocycles. The maximum Gasteiger partial charge on any atom is 0.119 e. The van der Waals surface area contributed by atoms with Crippen molar-refractivity contribution in [2.45, 2.75) is 69.7 Å². The fourth-order valence-electron chi connectivity index (χ4n) is 3.42. The molecule has 2 atom stereocenters. The predicted molar refractivity (Wildman–Crippen MR) is 69.3 cm³/mol. The highest BCUT2D eigenvalue weighted by molar-refractivity contribution is 5.09. The van der Waals surface area contributed by atoms with Crippen molar-refractivity contribution < 1.29 is 4.39 Å². The van der Waals surface area contributed by atoms with Gasteiger partial charge in [-0.1, -0.05) is 0 Å². The summed E-state index contributed by atoms with van der Waals surface area (Å²) >= 11 is 0. The maximum atomic E-state index is 14.9. The normalized spacial score (nSPS) is 35.3. The van der Waals surface area contributed by atoms with Crippen LogP contribution in [-0.2, 0) is 6.42 Å². The van der Waals surface area contributed by atoms with E-state index in [1.54, 1.807) is 0 Å². The average Bonchev–Trinajstić information content (AvgIpc) is 2.85. The molecule has 1 aromatic heterocycles. The van der Waals surface area contributed by atoms with Crippen LogP contribution in [0.2, 0.25) is 0 Å². The van der Waals surface area contributed by atoms with Crippen LogP contribution in [0.5, 0.6) is 0 Å². The van der Waals surface area contributed by atoms with Crippen molar-refractivity contribution in [3.05, 3.63) is 18.0 Å². The van der Waals surface area contributed by atoms with Gasteiger partial charge in [0.25, 0.3) is 0 Å². The van der Waals surface area contributed by atoms with Crippen LogP contribution in [0, 0.1) is 0 Å². The molecule has 3 nitrogen and oxygen atoms in total. The second-order valence-corrected chi connectivity index (χ2v) is 6.25. The van der Waals surface area contributed by atoms with Gasteiger partial charge in [0.1, 0.15) is 5.67 Å². The number of aromatic nitrogens is 2. The molecule has 2 unspecified atom stereocenters. The molecule has 4 heteroatoms. The first kappa shape index (κ1) is 12.2. The van der Waals surface area contributed by atoms with Gasteiger partial charge in [-0.2, -0.15) is 5.10 Å². The van der Waals surface area contributed by atoms with Gasteiger partial charge in [0.2, 0.25) is 0 Å². The van der Waals surface area contributed by atoms with E-state index in [0.717, 1.165) is 18.5 Å². The van der Waals surface area contributed by atoms with Crippen molar-refractivity contribution in [3.63, 3.8) is 0 Å². The summed E-state index contributed by atoms with van der Waals surface area (Å²) in [6, 6.07) is 3.09. The molecule has 2 fully saturated rings. The van der Waals surface area contributed by atoms with Gasteiger partial charge in [-0.15, -0.1) is 0 Å². The summed E-state index contributed by atoms with van der Waals surface area (Å²) in [4.78, 5) is 0. The molecular weight excluding hydrogens is 229 g/mol. The minimum atomic E-state index is -1.05. The van der Waals surface area contributed by atoms with Crippen LogP contribution in [0.15, 0.2) is 12.3 Å². The van der Waals surface area contributed by atoms with Gasteiger partial charge >= 0.3 is 0 Å². The Balaban J connectivity index is 1.71. The first-order chi connectivity index (χ1) is 8.54. The molecule has 1 aromatic rings. The summed E-state index contributed by atoms with van der Waals surface area (Å²) in [5, 5.41) is 7.96. The molecule has 100 valence electrons. The smallest absolute Gasteiger partial charge is 0.119 e. The molecule has 3 rings (SSSR count). The lowest BCUT2D eigenvalue weighted by Gasteiger charge is -2.34. The highest BCUT2D eigenvalue weighted by Gasteiger charge is 2.44. The highest BCUT2D eigenvalue weighted by atomic mass is 19.1. The lowest BCUT2D eigenvalue weighted by molar-refractivity contribution is 0.0881. The SMILES string of the molecule is CC(C)n1ccc(CC2(F)CC3CCC(C2)N3)n1. The molecule has 0 aliphatic carbocycles. The minimum Gasteiger partial charge on any atom is -0.311 e. The molecule has 2 bridgehead atoms. The first-order valence-corrected chi connectivity index (χ1v) is 7.03. The Morgan fingerprint density at radius 1 is 1.44 bits per heavy atom. The molecule has 2 aliphatic rings. The Morgan fingerprint density at radius 2 is 2.11 bits per heavy atom. The standard InChI is InChI=1S/C14H22FN3/c1-10(2)18-6-5-13(17-18)9-14(15)7-11-3-4-12(8-14)16-11/h5-6,10-12,16H,3-4,7-9H2,1-2H3. The lowest BCUT2D eigenvalue weighted by Crippen LogP contribution is -2.47. The molecular formula is C14H22FN3. The summed E-state index contributed by atoms with van der Waals surface area (Å²) < 4.78 is 16.8. The van der Waals surface area contributed by atoms with Gasteiger partial charge in [-0.25, -0.2) is 4.39 Å². The van der Waals surface area contributed by atoms with Gasteiger partial charge in [0.15, 0.2) is 0 Å². The Kier molecular flexibility index (Phi) is 2.93. The Hall–Kier alpha value is -0.900. The fraction of sp³-hybridized carbons (Fsp3) is 0.786. The van der Waals surface area contributed by atoms with Crippen LogP contribution in [0.25, 0.3) is 0 Å². The van der Waals surface area contributed by atoms with E-state index in [2.05, 4.69) is 24.3 Å². The molecule has 3 heterocycles. The van der Waals surface area contributed by atoms with Crippen molar-refractivity contribution in [2.24, 2.45) is 0 Å². The predicted octanol–water partition coefficient (Wildman–Crippen LogP) is 2.63. The van der Waals surface area contributed by atoms with E-state index >= 15 is 0 Å². The summed E-state index contributed by atoms with van der Waals surface area (Å²) in [7, 11) is 0. The third kappa shape index (κ3) is 2.30. The summed E-state index contributed by atoms with van der Waals surface area (Å²) in [6.07, 6.45) is 6.00. The van der Waals surface area contributed by atoms with E-state index in [9.17, 15) is 4.39 Å². The molecule has 0 aromatic carbocycles. The first-order valence-electron chi connectivity index (χ1n) is 7.03. The van der Waals surface area contributed by atoms with Crippen LogP contribution in [0.4, 0.5) is 4.39 Å². The largest absolute Gasteiger partial charge is 0.311 e. The average molecular weight is 251 g/mol. The van der Waals surface area contributed by atoms with Crippen molar-refractivity contribution in [1.29, 1.82) is 0 Å². The van der Waals surface area contributed by atoms with Gasteiger partial charge in [-0.3, -0.25) is 4.68 Å². The van der Waals surface area contributed by atoms with Crippen LogP contribution < -0.4 is 5.32 Å². The quantitative estimate of drug-likeness (QED) is 0.895. The van der Waals surface area contributed by atoms with Crippen molar-refractivity contribution in [2.75, 3.05) is 0 Å². The Bertz CT molecular complexity index is 414. The van der Waals surface area contributed by atoms with Crippen LogP contribution >= 0.6 is 0 Å². The molecule has 0 spiro atoms. The van der Waals surface area contributed by atoms with Crippen molar-refractivity contribution in [3.8, 4) is 0 Å². The molecule has 0 radical (unpaired) electrons. The van der Waals surface area contributed by atoms with E-state index in [0.29, 0.717) is 37.4 Å². The highest BCUT2D eigenvalue weighted by Crippen LogP contribution is 2.38. The molecule has 2 saturated heterocycles. The number of nitrogens with zero attached hydrogens (tertiary/aromatic N) is 2. The number of alkyl halides is 1. The van der Waals surface area contributed by atoms with Crippen LogP contribution in [0.1, 0.15) is 51.3 Å². The molecule has 1 N–H and O–H groups in total. The Labute approximate surface area is 108 Å². The number of halogens is 1. The molecule has 0 amide bonds. The third-order valence-corrected chi connectivity index (χ3v) is 4.25. The van der Waals surface area contributed by atoms with E-state index < -0.39 is 5.67 Å². The zero-order valence-corrected chi connectivity index (χ0v) is 11.2. The van der Waals surface area contributed by atoms with Gasteiger partial charge < -0.3 is 5.32 Å². The van der Waals surface area contributed by atoms with E-state index in [1.807, 2.05) is 16.9 Å². The Morgan fingerprint density at radius 3 is 2.67 bits per heavy atom. The van der Waals surface area contributed by atoms with Gasteiger partial charge in [0, 0.05) is 30.7 Å². The maximum absolute atomic E-state index is 14.9.